The van der Waals surface area contributed by atoms with E-state index in [4.69, 9.17) is 24.2 Å². The first-order valence-corrected chi connectivity index (χ1v) is 16.7. The van der Waals surface area contributed by atoms with Gasteiger partial charge in [-0.25, -0.2) is 4.98 Å². The Balaban J connectivity index is 1.29. The summed E-state index contributed by atoms with van der Waals surface area (Å²) in [5.41, 5.74) is 3.25. The van der Waals surface area contributed by atoms with Crippen LogP contribution in [0.15, 0.2) is 35.3 Å². The third-order valence-electron chi connectivity index (χ3n) is 8.17. The molecule has 0 amide bonds. The monoisotopic (exact) mass is 636 g/mol. The lowest BCUT2D eigenvalue weighted by atomic mass is 10.0. The number of likely N-dealkylation sites (N-methyl/N-ethyl adjacent to an activating group) is 1. The Bertz CT molecular complexity index is 1460. The van der Waals surface area contributed by atoms with Crippen LogP contribution in [0.5, 0.6) is 17.2 Å². The van der Waals surface area contributed by atoms with Crippen LogP contribution in [-0.4, -0.2) is 118 Å². The first-order chi connectivity index (χ1) is 21.8. The van der Waals surface area contributed by atoms with E-state index in [-0.39, 0.29) is 6.04 Å². The predicted molar refractivity (Wildman–Crippen MR) is 187 cm³/mol. The molecule has 5 rings (SSSR count). The van der Waals surface area contributed by atoms with Gasteiger partial charge in [-0.1, -0.05) is 6.07 Å². The Morgan fingerprint density at radius 3 is 2.47 bits per heavy atom. The van der Waals surface area contributed by atoms with Gasteiger partial charge in [0, 0.05) is 94.3 Å². The van der Waals surface area contributed by atoms with Crippen LogP contribution < -0.4 is 29.7 Å². The molecule has 2 N–H and O–H groups in total. The number of aromatic nitrogens is 2. The first kappa shape index (κ1) is 32.9. The van der Waals surface area contributed by atoms with Crippen LogP contribution in [-0.2, 0) is 6.54 Å². The number of ether oxygens (including phenoxy) is 3. The van der Waals surface area contributed by atoms with Gasteiger partial charge >= 0.3 is 0 Å². The summed E-state index contributed by atoms with van der Waals surface area (Å²) in [7, 11) is 11.6. The van der Waals surface area contributed by atoms with E-state index >= 15 is 0 Å². The number of anilines is 3. The van der Waals surface area contributed by atoms with Gasteiger partial charge in [0.15, 0.2) is 11.5 Å². The molecule has 244 valence electrons. The van der Waals surface area contributed by atoms with E-state index in [0.29, 0.717) is 24.1 Å². The minimum atomic E-state index is 0.282. The Labute approximate surface area is 271 Å². The molecule has 0 radical (unpaired) electrons. The lowest BCUT2D eigenvalue weighted by molar-refractivity contribution is 0.205. The maximum absolute atomic E-state index is 6.27. The number of nitrogens with zero attached hydrogens (tertiary/aromatic N) is 6. The van der Waals surface area contributed by atoms with Gasteiger partial charge in [0.1, 0.15) is 18.2 Å². The van der Waals surface area contributed by atoms with Crippen LogP contribution in [0.25, 0.3) is 10.9 Å². The molecule has 2 aliphatic heterocycles. The van der Waals surface area contributed by atoms with Gasteiger partial charge in [-0.2, -0.15) is 4.98 Å². The Morgan fingerprint density at radius 2 is 1.78 bits per heavy atom. The maximum atomic E-state index is 6.27. The van der Waals surface area contributed by atoms with Gasteiger partial charge < -0.3 is 34.6 Å². The molecule has 0 unspecified atom stereocenters. The van der Waals surface area contributed by atoms with E-state index in [0.717, 1.165) is 86.8 Å². The summed E-state index contributed by atoms with van der Waals surface area (Å²) in [6.07, 6.45) is 2.87. The number of fused-ring (bicyclic) bond motifs is 1. The molecule has 12 heteroatoms. The lowest BCUT2D eigenvalue weighted by Gasteiger charge is -2.34. The van der Waals surface area contributed by atoms with E-state index < -0.39 is 0 Å². The molecule has 2 aromatic carbocycles. The van der Waals surface area contributed by atoms with E-state index in [9.17, 15) is 0 Å². The summed E-state index contributed by atoms with van der Waals surface area (Å²) >= 11 is 1.83. The van der Waals surface area contributed by atoms with Crippen molar-refractivity contribution >= 4 is 45.2 Å². The molecule has 0 saturated carbocycles. The minimum absolute atomic E-state index is 0.282. The molecule has 0 spiro atoms. The van der Waals surface area contributed by atoms with Gasteiger partial charge in [-0.15, -0.1) is 11.8 Å². The summed E-state index contributed by atoms with van der Waals surface area (Å²) in [5.74, 6) is 4.76. The highest BCUT2D eigenvalue weighted by molar-refractivity contribution is 8.14. The van der Waals surface area contributed by atoms with Crippen molar-refractivity contribution in [3.05, 3.63) is 35.9 Å². The number of benzene rings is 2. The largest absolute Gasteiger partial charge is 0.493 e. The Morgan fingerprint density at radius 1 is 1.00 bits per heavy atom. The lowest BCUT2D eigenvalue weighted by Crippen LogP contribution is -2.39. The Hall–Kier alpha value is -3.48. The third kappa shape index (κ3) is 8.62. The van der Waals surface area contributed by atoms with Gasteiger partial charge in [-0.05, 0) is 45.1 Å². The second-order valence-corrected chi connectivity index (χ2v) is 13.1. The second-order valence-electron chi connectivity index (χ2n) is 11.9. The zero-order valence-electron chi connectivity index (χ0n) is 27.6. The normalized spacial score (nSPS) is 15.8. The van der Waals surface area contributed by atoms with Crippen molar-refractivity contribution < 1.29 is 14.2 Å². The molecule has 1 fully saturated rings. The number of nitrogens with one attached hydrogen (secondary N) is 2. The van der Waals surface area contributed by atoms with E-state index in [1.165, 1.54) is 16.3 Å². The average molecular weight is 637 g/mol. The number of hydrogen-bond acceptors (Lipinski definition) is 12. The fraction of sp³-hybridized carbons (Fsp3) is 0.545. The van der Waals surface area contributed by atoms with Crippen molar-refractivity contribution in [3.8, 4) is 17.2 Å². The molecular weight excluding hydrogens is 588 g/mol. The standard InChI is InChI=1S/C33H48N8O3S/c1-39(2)17-18-44-28-9-7-8-27(40(3)4)25(28)22-41-15-11-23(12-16-41)36-32-24-20-29(42-5)30(43-6)21-26(24)37-33(38-32)35-13-10-31-34-14-19-45-31/h7-9,20-21,23H,10-19,22H2,1-6H3,(H2,35,36,37,38). The molecule has 3 aromatic rings. The molecule has 2 aliphatic rings. The summed E-state index contributed by atoms with van der Waals surface area (Å²) in [6.45, 7) is 5.99. The summed E-state index contributed by atoms with van der Waals surface area (Å²) in [4.78, 5) is 21.2. The highest BCUT2D eigenvalue weighted by atomic mass is 32.2. The predicted octanol–water partition coefficient (Wildman–Crippen LogP) is 4.68. The SMILES string of the molecule is COc1cc2nc(NCCC3=NCCS3)nc(NC3CCN(Cc4c(OCCN(C)C)cccc4N(C)C)CC3)c2cc1OC. The van der Waals surface area contributed by atoms with Crippen LogP contribution in [0, 0.1) is 0 Å². The van der Waals surface area contributed by atoms with Gasteiger partial charge in [0.25, 0.3) is 0 Å². The first-order valence-electron chi connectivity index (χ1n) is 15.7. The fourth-order valence-electron chi connectivity index (χ4n) is 5.71. The molecular formula is C33H48N8O3S. The number of thioether (sulfide) groups is 1. The highest BCUT2D eigenvalue weighted by Crippen LogP contribution is 2.36. The topological polar surface area (TPSA) is 99.6 Å². The second kappa shape index (κ2) is 15.7. The van der Waals surface area contributed by atoms with Crippen LogP contribution in [0.2, 0.25) is 0 Å². The van der Waals surface area contributed by atoms with Crippen LogP contribution >= 0.6 is 11.8 Å². The number of rotatable bonds is 15. The van der Waals surface area contributed by atoms with Crippen LogP contribution in [0.4, 0.5) is 17.5 Å². The van der Waals surface area contributed by atoms with E-state index in [2.05, 4.69) is 76.7 Å². The van der Waals surface area contributed by atoms with Gasteiger partial charge in [-0.3, -0.25) is 9.89 Å². The summed E-state index contributed by atoms with van der Waals surface area (Å²) < 4.78 is 17.5. The number of piperidine rings is 1. The van der Waals surface area contributed by atoms with Crippen molar-refractivity contribution in [1.29, 1.82) is 0 Å². The molecule has 0 atom stereocenters. The Kier molecular flexibility index (Phi) is 11.5. The van der Waals surface area contributed by atoms with Gasteiger partial charge in [0.2, 0.25) is 5.95 Å². The maximum Gasteiger partial charge on any atom is 0.225 e. The van der Waals surface area contributed by atoms with Crippen molar-refractivity contribution in [3.63, 3.8) is 0 Å². The molecule has 1 saturated heterocycles. The molecule has 3 heterocycles. The third-order valence-corrected chi connectivity index (χ3v) is 9.22. The summed E-state index contributed by atoms with van der Waals surface area (Å²) in [6, 6.07) is 10.5. The number of aliphatic imine (C=N–C) groups is 1. The van der Waals surface area contributed by atoms with Crippen molar-refractivity contribution in [2.75, 3.05) is 103 Å². The summed E-state index contributed by atoms with van der Waals surface area (Å²) in [5, 5.41) is 9.30. The quantitative estimate of drug-likeness (QED) is 0.243. The molecule has 11 nitrogen and oxygen atoms in total. The molecule has 0 aliphatic carbocycles. The van der Waals surface area contributed by atoms with E-state index in [1.54, 1.807) is 14.2 Å². The molecule has 45 heavy (non-hydrogen) atoms. The van der Waals surface area contributed by atoms with Crippen LogP contribution in [0.1, 0.15) is 24.8 Å². The van der Waals surface area contributed by atoms with Crippen molar-refractivity contribution in [2.24, 2.45) is 4.99 Å². The fourth-order valence-corrected chi connectivity index (χ4v) is 6.56. The molecule has 0 bridgehead atoms. The van der Waals surface area contributed by atoms with E-state index in [1.807, 2.05) is 23.9 Å². The van der Waals surface area contributed by atoms with Gasteiger partial charge in [0.05, 0.1) is 24.8 Å². The van der Waals surface area contributed by atoms with Crippen molar-refractivity contribution in [1.82, 2.24) is 19.8 Å². The number of likely N-dealkylation sites (tertiary alicyclic amines) is 1. The number of hydrogen-bond donors (Lipinski definition) is 2. The smallest absolute Gasteiger partial charge is 0.225 e. The zero-order valence-corrected chi connectivity index (χ0v) is 28.4. The zero-order chi connectivity index (χ0) is 31.8. The average Bonchev–Trinajstić information content (AvgIpc) is 3.55. The molecule has 1 aromatic heterocycles. The van der Waals surface area contributed by atoms with Crippen LogP contribution in [0.3, 0.4) is 0 Å². The van der Waals surface area contributed by atoms with Crippen molar-refractivity contribution in [2.45, 2.75) is 31.8 Å². The number of methoxy groups -OCH3 is 2. The highest BCUT2D eigenvalue weighted by Gasteiger charge is 2.24. The minimum Gasteiger partial charge on any atom is -0.493 e.